The van der Waals surface area contributed by atoms with Crippen LogP contribution in [0.25, 0.3) is 0 Å². The first kappa shape index (κ1) is 19.1. The molecule has 0 atom stereocenters. The number of nitrogens with one attached hydrogen (secondary N) is 1. The number of thiophene rings is 1. The molecule has 1 aromatic carbocycles. The molecule has 0 saturated heterocycles. The molecule has 0 radical (unpaired) electrons. The minimum Gasteiger partial charge on any atom is -0.271 e. The number of anilines is 1. The Labute approximate surface area is 152 Å². The Morgan fingerprint density at radius 1 is 1.24 bits per heavy atom. The molecule has 1 heterocycles. The van der Waals surface area contributed by atoms with E-state index in [0.29, 0.717) is 11.4 Å². The van der Waals surface area contributed by atoms with E-state index in [1.54, 1.807) is 19.1 Å². The van der Waals surface area contributed by atoms with E-state index in [4.69, 9.17) is 0 Å². The lowest BCUT2D eigenvalue weighted by atomic mass is 10.1. The fraction of sp³-hybridized carbons (Fsp3) is 0.294. The summed E-state index contributed by atoms with van der Waals surface area (Å²) in [6.45, 7) is 5.29. The molecule has 0 aliphatic heterocycles. The van der Waals surface area contributed by atoms with E-state index in [9.17, 15) is 13.2 Å². The predicted octanol–water partition coefficient (Wildman–Crippen LogP) is 2.67. The van der Waals surface area contributed by atoms with Gasteiger partial charge in [-0.15, -0.1) is 11.3 Å². The zero-order valence-corrected chi connectivity index (χ0v) is 16.2. The summed E-state index contributed by atoms with van der Waals surface area (Å²) in [4.78, 5) is 13.1. The highest BCUT2D eigenvalue weighted by molar-refractivity contribution is 7.92. The Morgan fingerprint density at radius 3 is 2.52 bits per heavy atom. The molecule has 8 heteroatoms. The van der Waals surface area contributed by atoms with Crippen LogP contribution in [0.4, 0.5) is 5.69 Å². The second-order valence-corrected chi connectivity index (χ2v) is 8.60. The number of aryl methyl sites for hydroxylation is 2. The van der Waals surface area contributed by atoms with E-state index < -0.39 is 15.9 Å². The summed E-state index contributed by atoms with van der Waals surface area (Å²) in [6, 6.07) is 9.07. The molecule has 1 aromatic heterocycles. The van der Waals surface area contributed by atoms with Crippen molar-refractivity contribution in [3.63, 3.8) is 0 Å². The summed E-state index contributed by atoms with van der Waals surface area (Å²) in [5, 5.41) is 5.95. The van der Waals surface area contributed by atoms with E-state index >= 15 is 0 Å². The number of nitrogens with zero attached hydrogens (tertiary/aromatic N) is 2. The number of hydrogen-bond donors (Lipinski definition) is 1. The molecule has 25 heavy (non-hydrogen) atoms. The van der Waals surface area contributed by atoms with Crippen LogP contribution in [0.5, 0.6) is 0 Å². The van der Waals surface area contributed by atoms with Crippen molar-refractivity contribution in [1.29, 1.82) is 0 Å². The summed E-state index contributed by atoms with van der Waals surface area (Å²) in [5.74, 6) is -0.500. The molecule has 2 aromatic rings. The molecule has 6 nitrogen and oxygen atoms in total. The second-order valence-electron chi connectivity index (χ2n) is 5.75. The van der Waals surface area contributed by atoms with Crippen molar-refractivity contribution in [2.75, 3.05) is 17.1 Å². The fourth-order valence-electron chi connectivity index (χ4n) is 2.13. The van der Waals surface area contributed by atoms with Crippen molar-refractivity contribution in [1.82, 2.24) is 5.43 Å². The third kappa shape index (κ3) is 5.14. The van der Waals surface area contributed by atoms with Crippen LogP contribution in [-0.2, 0) is 14.8 Å². The highest BCUT2D eigenvalue weighted by Gasteiger charge is 2.21. The number of carbonyl (C=O) groups is 1. The summed E-state index contributed by atoms with van der Waals surface area (Å²) >= 11 is 1.51. The van der Waals surface area contributed by atoms with E-state index in [-0.39, 0.29) is 6.54 Å². The van der Waals surface area contributed by atoms with Crippen LogP contribution < -0.4 is 9.73 Å². The van der Waals surface area contributed by atoms with Crippen LogP contribution in [-0.4, -0.2) is 32.8 Å². The van der Waals surface area contributed by atoms with Crippen LogP contribution in [0, 0.1) is 13.8 Å². The van der Waals surface area contributed by atoms with Gasteiger partial charge in [0.25, 0.3) is 5.91 Å². The van der Waals surface area contributed by atoms with Gasteiger partial charge in [0.1, 0.15) is 6.54 Å². The van der Waals surface area contributed by atoms with E-state index in [1.807, 2.05) is 37.4 Å². The molecule has 134 valence electrons. The molecule has 0 saturated carbocycles. The summed E-state index contributed by atoms with van der Waals surface area (Å²) in [5.41, 5.74) is 5.55. The number of rotatable bonds is 6. The van der Waals surface area contributed by atoms with Crippen LogP contribution in [0.3, 0.4) is 0 Å². The maximum absolute atomic E-state index is 12.2. The van der Waals surface area contributed by atoms with Crippen LogP contribution in [0.2, 0.25) is 0 Å². The van der Waals surface area contributed by atoms with Gasteiger partial charge in [0.2, 0.25) is 10.0 Å². The first-order chi connectivity index (χ1) is 11.7. The van der Waals surface area contributed by atoms with Crippen molar-refractivity contribution in [2.24, 2.45) is 5.10 Å². The third-order valence-electron chi connectivity index (χ3n) is 3.69. The molecule has 0 unspecified atom stereocenters. The number of amides is 1. The third-order valence-corrected chi connectivity index (χ3v) is 5.81. The Balaban J connectivity index is 2.16. The maximum Gasteiger partial charge on any atom is 0.260 e. The molecule has 2 rings (SSSR count). The van der Waals surface area contributed by atoms with Crippen molar-refractivity contribution in [3.8, 4) is 0 Å². The number of carbonyl (C=O) groups excluding carboxylic acids is 1. The van der Waals surface area contributed by atoms with Gasteiger partial charge in [-0.25, -0.2) is 13.8 Å². The van der Waals surface area contributed by atoms with Gasteiger partial charge in [0.05, 0.1) is 17.7 Å². The summed E-state index contributed by atoms with van der Waals surface area (Å²) in [6.07, 6.45) is 1.08. The highest BCUT2D eigenvalue weighted by atomic mass is 32.2. The predicted molar refractivity (Wildman–Crippen MR) is 103 cm³/mol. The first-order valence-electron chi connectivity index (χ1n) is 7.60. The van der Waals surface area contributed by atoms with Crippen LogP contribution in [0.15, 0.2) is 40.8 Å². The molecule has 0 bridgehead atoms. The Morgan fingerprint density at radius 2 is 1.96 bits per heavy atom. The maximum atomic E-state index is 12.2. The Bertz CT molecular complexity index is 888. The quantitative estimate of drug-likeness (QED) is 0.619. The largest absolute Gasteiger partial charge is 0.271 e. The molecule has 0 aliphatic carbocycles. The van der Waals surface area contributed by atoms with Crippen LogP contribution in [0.1, 0.15) is 22.9 Å². The lowest BCUT2D eigenvalue weighted by molar-refractivity contribution is -0.119. The molecule has 0 fully saturated rings. The highest BCUT2D eigenvalue weighted by Crippen LogP contribution is 2.21. The fourth-order valence-corrected chi connectivity index (χ4v) is 3.66. The molecular formula is C17H21N3O3S2. The van der Waals surface area contributed by atoms with Gasteiger partial charge < -0.3 is 0 Å². The monoisotopic (exact) mass is 379 g/mol. The van der Waals surface area contributed by atoms with E-state index in [0.717, 1.165) is 26.6 Å². The van der Waals surface area contributed by atoms with Gasteiger partial charge in [0.15, 0.2) is 0 Å². The first-order valence-corrected chi connectivity index (χ1v) is 10.3. The molecular weight excluding hydrogens is 358 g/mol. The van der Waals surface area contributed by atoms with Gasteiger partial charge in [-0.2, -0.15) is 5.10 Å². The van der Waals surface area contributed by atoms with Crippen molar-refractivity contribution >= 4 is 38.7 Å². The van der Waals surface area contributed by atoms with E-state index in [2.05, 4.69) is 10.5 Å². The molecule has 1 N–H and O–H groups in total. The molecule has 0 spiro atoms. The van der Waals surface area contributed by atoms with E-state index in [1.165, 1.54) is 11.3 Å². The second kappa shape index (κ2) is 7.79. The smallest absolute Gasteiger partial charge is 0.260 e. The number of hydrazone groups is 1. The molecule has 1 amide bonds. The Kier molecular flexibility index (Phi) is 5.97. The van der Waals surface area contributed by atoms with Gasteiger partial charge >= 0.3 is 0 Å². The molecule has 0 aliphatic rings. The van der Waals surface area contributed by atoms with Gasteiger partial charge in [-0.05, 0) is 55.5 Å². The van der Waals surface area contributed by atoms with Crippen molar-refractivity contribution < 1.29 is 13.2 Å². The standard InChI is InChI=1S/C17H21N3O3S2/c1-12-7-8-15(10-13(12)2)20(25(4,22)23)11-17(21)19-18-14(3)16-6-5-9-24-16/h5-10H,11H2,1-4H3,(H,19,21)/b18-14-. The van der Waals surface area contributed by atoms with Gasteiger partial charge in [0, 0.05) is 4.88 Å². The summed E-state index contributed by atoms with van der Waals surface area (Å²) < 4.78 is 25.3. The Hall–Kier alpha value is -2.19. The number of benzene rings is 1. The average Bonchev–Trinajstić information content (AvgIpc) is 3.06. The van der Waals surface area contributed by atoms with Crippen LogP contribution >= 0.6 is 11.3 Å². The zero-order chi connectivity index (χ0) is 18.6. The summed E-state index contributed by atoms with van der Waals surface area (Å²) in [7, 11) is -3.60. The normalized spacial score (nSPS) is 12.1. The van der Waals surface area contributed by atoms with Crippen molar-refractivity contribution in [2.45, 2.75) is 20.8 Å². The lowest BCUT2D eigenvalue weighted by Crippen LogP contribution is -2.39. The SMILES string of the molecule is C/C(=N/NC(=O)CN(c1ccc(C)c(C)c1)S(C)(=O)=O)c1cccs1. The zero-order valence-electron chi connectivity index (χ0n) is 14.6. The average molecular weight is 380 g/mol. The number of sulfonamides is 1. The van der Waals surface area contributed by atoms with Gasteiger partial charge in [-0.3, -0.25) is 9.10 Å². The minimum absolute atomic E-state index is 0.331. The van der Waals surface area contributed by atoms with Gasteiger partial charge in [-0.1, -0.05) is 12.1 Å². The van der Waals surface area contributed by atoms with Crippen molar-refractivity contribution in [3.05, 3.63) is 51.7 Å². The topological polar surface area (TPSA) is 78.8 Å². The minimum atomic E-state index is -3.60. The number of hydrogen-bond acceptors (Lipinski definition) is 5. The lowest BCUT2D eigenvalue weighted by Gasteiger charge is -2.22.